The molecular weight excluding hydrogens is 374 g/mol. The summed E-state index contributed by atoms with van der Waals surface area (Å²) in [7, 11) is 1.62. The predicted octanol–water partition coefficient (Wildman–Crippen LogP) is 3.43. The van der Waals surface area contributed by atoms with Gasteiger partial charge < -0.3 is 15.0 Å². The van der Waals surface area contributed by atoms with Gasteiger partial charge in [0.2, 0.25) is 0 Å². The predicted molar refractivity (Wildman–Crippen MR) is 113 cm³/mol. The first-order valence-corrected chi connectivity index (χ1v) is 9.47. The van der Waals surface area contributed by atoms with Crippen molar-refractivity contribution in [3.8, 4) is 5.69 Å². The van der Waals surface area contributed by atoms with Gasteiger partial charge in [-0.25, -0.2) is 0 Å². The van der Waals surface area contributed by atoms with E-state index in [0.29, 0.717) is 34.4 Å². The van der Waals surface area contributed by atoms with Gasteiger partial charge in [0.15, 0.2) is 4.77 Å². The van der Waals surface area contributed by atoms with E-state index in [1.807, 2.05) is 32.0 Å². The van der Waals surface area contributed by atoms with Crippen LogP contribution in [0.2, 0.25) is 0 Å². The van der Waals surface area contributed by atoms with Crippen LogP contribution in [-0.4, -0.2) is 35.7 Å². The molecule has 28 heavy (non-hydrogen) atoms. The lowest BCUT2D eigenvalue weighted by atomic mass is 10.1. The molecule has 6 nitrogen and oxygen atoms in total. The van der Waals surface area contributed by atoms with Gasteiger partial charge in [-0.2, -0.15) is 0 Å². The first-order valence-electron chi connectivity index (χ1n) is 9.07. The Labute approximate surface area is 168 Å². The summed E-state index contributed by atoms with van der Waals surface area (Å²) < 4.78 is 6.77. The molecule has 1 heterocycles. The maximum absolute atomic E-state index is 13.1. The molecule has 0 aliphatic heterocycles. The van der Waals surface area contributed by atoms with Crippen molar-refractivity contribution in [2.45, 2.75) is 20.3 Å². The van der Waals surface area contributed by atoms with Gasteiger partial charge >= 0.3 is 0 Å². The minimum atomic E-state index is -0.209. The van der Waals surface area contributed by atoms with Crippen LogP contribution in [-0.2, 0) is 4.74 Å². The fraction of sp³-hybridized carbons (Fsp3) is 0.286. The second-order valence-electron chi connectivity index (χ2n) is 6.65. The third-order valence-electron chi connectivity index (χ3n) is 4.79. The van der Waals surface area contributed by atoms with E-state index in [-0.39, 0.29) is 11.5 Å². The van der Waals surface area contributed by atoms with Crippen LogP contribution >= 0.6 is 12.2 Å². The number of fused-ring (bicyclic) bond motifs is 1. The summed E-state index contributed by atoms with van der Waals surface area (Å²) in [6, 6.07) is 10.7. The van der Waals surface area contributed by atoms with Crippen LogP contribution in [0.5, 0.6) is 0 Å². The van der Waals surface area contributed by atoms with Crippen molar-refractivity contribution in [2.75, 3.05) is 20.3 Å². The van der Waals surface area contributed by atoms with Crippen molar-refractivity contribution in [3.63, 3.8) is 0 Å². The van der Waals surface area contributed by atoms with Gasteiger partial charge in [0.1, 0.15) is 0 Å². The number of ether oxygens (including phenoxy) is 1. The van der Waals surface area contributed by atoms with Crippen LogP contribution in [0.15, 0.2) is 41.2 Å². The number of nitrogens with one attached hydrogen (secondary N) is 2. The molecule has 0 saturated carbocycles. The number of H-pyrrole nitrogens is 1. The standard InChI is InChI=1S/C21H23N3O3S/c1-13-6-4-7-18(14(13)2)24-20(26)16-9-8-15(12-17(16)23-21(24)28)19(25)22-10-5-11-27-3/h4,6-9,12H,5,10-11H2,1-3H3,(H,22,25)(H,23,28). The molecule has 0 bridgehead atoms. The fourth-order valence-electron chi connectivity index (χ4n) is 3.08. The summed E-state index contributed by atoms with van der Waals surface area (Å²) in [6.07, 6.45) is 0.735. The molecule has 3 aromatic rings. The third kappa shape index (κ3) is 3.90. The zero-order valence-electron chi connectivity index (χ0n) is 16.2. The number of aryl methyl sites for hydroxylation is 1. The molecule has 0 aliphatic carbocycles. The molecule has 0 saturated heterocycles. The number of nitrogens with zero attached hydrogens (tertiary/aromatic N) is 1. The maximum atomic E-state index is 13.1. The molecule has 2 N–H and O–H groups in total. The first kappa shape index (κ1) is 20.0. The topological polar surface area (TPSA) is 76.1 Å². The number of carbonyl (C=O) groups excluding carboxylic acids is 1. The molecule has 0 fully saturated rings. The number of hydrogen-bond acceptors (Lipinski definition) is 4. The molecule has 0 radical (unpaired) electrons. The van der Waals surface area contributed by atoms with Crippen molar-refractivity contribution in [1.29, 1.82) is 0 Å². The van der Waals surface area contributed by atoms with Crippen molar-refractivity contribution in [1.82, 2.24) is 14.9 Å². The number of rotatable bonds is 6. The SMILES string of the molecule is COCCCNC(=O)c1ccc2c(=O)n(-c3cccc(C)c3C)c(=S)[nH]c2c1. The number of hydrogen-bond donors (Lipinski definition) is 2. The zero-order valence-corrected chi connectivity index (χ0v) is 17.0. The van der Waals surface area contributed by atoms with Gasteiger partial charge in [0.25, 0.3) is 11.5 Å². The van der Waals surface area contributed by atoms with Gasteiger partial charge in [-0.15, -0.1) is 0 Å². The van der Waals surface area contributed by atoms with Gasteiger partial charge in [-0.05, 0) is 67.9 Å². The van der Waals surface area contributed by atoms with Crippen LogP contribution in [0, 0.1) is 18.6 Å². The van der Waals surface area contributed by atoms with Crippen LogP contribution < -0.4 is 10.9 Å². The Kier molecular flexibility index (Phi) is 6.06. The monoisotopic (exact) mass is 397 g/mol. The van der Waals surface area contributed by atoms with E-state index in [0.717, 1.165) is 23.2 Å². The Hall–Kier alpha value is -2.77. The molecule has 0 unspecified atom stereocenters. The van der Waals surface area contributed by atoms with E-state index in [2.05, 4.69) is 10.3 Å². The normalized spacial score (nSPS) is 11.0. The molecule has 1 aromatic heterocycles. The summed E-state index contributed by atoms with van der Waals surface area (Å²) in [4.78, 5) is 28.5. The van der Waals surface area contributed by atoms with Crippen LogP contribution in [0.4, 0.5) is 0 Å². The summed E-state index contributed by atoms with van der Waals surface area (Å²) in [5.74, 6) is -0.198. The highest BCUT2D eigenvalue weighted by atomic mass is 32.1. The number of amides is 1. The van der Waals surface area contributed by atoms with E-state index in [1.165, 1.54) is 4.57 Å². The highest BCUT2D eigenvalue weighted by Gasteiger charge is 2.13. The van der Waals surface area contributed by atoms with Crippen molar-refractivity contribution in [2.24, 2.45) is 0 Å². The van der Waals surface area contributed by atoms with Gasteiger partial charge in [-0.1, -0.05) is 12.1 Å². The largest absolute Gasteiger partial charge is 0.385 e. The van der Waals surface area contributed by atoms with Gasteiger partial charge in [-0.3, -0.25) is 14.2 Å². The fourth-order valence-corrected chi connectivity index (χ4v) is 3.37. The van der Waals surface area contributed by atoms with E-state index in [9.17, 15) is 9.59 Å². The molecule has 0 atom stereocenters. The summed E-state index contributed by atoms with van der Waals surface area (Å²) in [5.41, 5.74) is 3.64. The lowest BCUT2D eigenvalue weighted by Gasteiger charge is -2.13. The highest BCUT2D eigenvalue weighted by molar-refractivity contribution is 7.71. The molecule has 0 aliphatic rings. The number of aromatic amines is 1. The molecule has 146 valence electrons. The Morgan fingerprint density at radius 3 is 2.79 bits per heavy atom. The molecule has 1 amide bonds. The maximum Gasteiger partial charge on any atom is 0.266 e. The summed E-state index contributed by atoms with van der Waals surface area (Å²) in [5, 5.41) is 3.31. The van der Waals surface area contributed by atoms with E-state index < -0.39 is 0 Å². The minimum Gasteiger partial charge on any atom is -0.385 e. The lowest BCUT2D eigenvalue weighted by Crippen LogP contribution is -2.26. The lowest BCUT2D eigenvalue weighted by molar-refractivity contribution is 0.0948. The van der Waals surface area contributed by atoms with Crippen molar-refractivity contribution < 1.29 is 9.53 Å². The first-order chi connectivity index (χ1) is 13.4. The Balaban J connectivity index is 2.02. The third-order valence-corrected chi connectivity index (χ3v) is 5.07. The van der Waals surface area contributed by atoms with E-state index in [4.69, 9.17) is 17.0 Å². The Bertz CT molecular complexity index is 1150. The number of methoxy groups -OCH3 is 1. The van der Waals surface area contributed by atoms with Crippen LogP contribution in [0.25, 0.3) is 16.6 Å². The molecule has 0 spiro atoms. The van der Waals surface area contributed by atoms with E-state index in [1.54, 1.807) is 25.3 Å². The number of carbonyl (C=O) groups is 1. The molecular formula is C21H23N3O3S. The van der Waals surface area contributed by atoms with Crippen molar-refractivity contribution >= 4 is 29.0 Å². The van der Waals surface area contributed by atoms with Gasteiger partial charge in [0.05, 0.1) is 16.6 Å². The zero-order chi connectivity index (χ0) is 20.3. The second kappa shape index (κ2) is 8.50. The average molecular weight is 398 g/mol. The number of benzene rings is 2. The highest BCUT2D eigenvalue weighted by Crippen LogP contribution is 2.18. The van der Waals surface area contributed by atoms with Gasteiger partial charge in [0, 0.05) is 25.8 Å². The molecule has 7 heteroatoms. The quantitative estimate of drug-likeness (QED) is 0.494. The second-order valence-corrected chi connectivity index (χ2v) is 7.04. The van der Waals surface area contributed by atoms with Crippen LogP contribution in [0.3, 0.4) is 0 Å². The Morgan fingerprint density at radius 2 is 2.04 bits per heavy atom. The number of aromatic nitrogens is 2. The molecule has 3 rings (SSSR count). The smallest absolute Gasteiger partial charge is 0.266 e. The minimum absolute atomic E-state index is 0.198. The van der Waals surface area contributed by atoms with E-state index >= 15 is 0 Å². The molecule has 2 aromatic carbocycles. The summed E-state index contributed by atoms with van der Waals surface area (Å²) in [6.45, 7) is 5.07. The Morgan fingerprint density at radius 1 is 1.25 bits per heavy atom. The average Bonchev–Trinajstić information content (AvgIpc) is 2.68. The van der Waals surface area contributed by atoms with Crippen molar-refractivity contribution in [3.05, 3.63) is 68.2 Å². The van der Waals surface area contributed by atoms with Crippen LogP contribution in [0.1, 0.15) is 27.9 Å². The summed E-state index contributed by atoms with van der Waals surface area (Å²) >= 11 is 5.45.